The van der Waals surface area contributed by atoms with Crippen LogP contribution in [-0.4, -0.2) is 63.3 Å². The quantitative estimate of drug-likeness (QED) is 0.894. The Hall–Kier alpha value is -2.32. The van der Waals surface area contributed by atoms with E-state index in [0.29, 0.717) is 18.7 Å². The minimum atomic E-state index is -0.348. The molecule has 3 rings (SSSR count). The first-order valence-electron chi connectivity index (χ1n) is 7.25. The molecule has 1 N–H and O–H groups in total. The second-order valence-corrected chi connectivity index (χ2v) is 5.41. The molecule has 2 aromatic rings. The Kier molecular flexibility index (Phi) is 4.35. The van der Waals surface area contributed by atoms with Crippen molar-refractivity contribution in [2.45, 2.75) is 18.6 Å². The number of methoxy groups -OCH3 is 1. The Morgan fingerprint density at radius 2 is 2.17 bits per heavy atom. The van der Waals surface area contributed by atoms with Crippen LogP contribution in [0.1, 0.15) is 16.9 Å². The van der Waals surface area contributed by atoms with Crippen LogP contribution in [0.25, 0.3) is 5.69 Å². The van der Waals surface area contributed by atoms with Gasteiger partial charge in [-0.05, 0) is 30.7 Å². The number of nitrogens with zero attached hydrogens (tertiary/aromatic N) is 4. The van der Waals surface area contributed by atoms with Gasteiger partial charge >= 0.3 is 0 Å². The van der Waals surface area contributed by atoms with E-state index in [4.69, 9.17) is 4.74 Å². The fourth-order valence-electron chi connectivity index (χ4n) is 2.70. The van der Waals surface area contributed by atoms with E-state index in [-0.39, 0.29) is 36.2 Å². The minimum absolute atomic E-state index is 0.0942. The Bertz CT molecular complexity index is 688. The van der Waals surface area contributed by atoms with Crippen LogP contribution < -0.4 is 0 Å². The molecule has 2 atom stereocenters. The zero-order chi connectivity index (χ0) is 16.4. The molecule has 0 bridgehead atoms. The first kappa shape index (κ1) is 15.6. The van der Waals surface area contributed by atoms with Crippen molar-refractivity contribution in [1.29, 1.82) is 0 Å². The maximum Gasteiger partial charge on any atom is 0.276 e. The summed E-state index contributed by atoms with van der Waals surface area (Å²) >= 11 is 0. The van der Waals surface area contributed by atoms with Crippen molar-refractivity contribution < 1.29 is 19.0 Å². The van der Waals surface area contributed by atoms with Crippen LogP contribution in [0.5, 0.6) is 0 Å². The third kappa shape index (κ3) is 3.08. The van der Waals surface area contributed by atoms with Gasteiger partial charge in [-0.2, -0.15) is 0 Å². The van der Waals surface area contributed by atoms with Crippen molar-refractivity contribution in [1.82, 2.24) is 19.9 Å². The molecule has 1 aromatic carbocycles. The number of hydrogen-bond acceptors (Lipinski definition) is 5. The number of rotatable bonds is 4. The van der Waals surface area contributed by atoms with Crippen molar-refractivity contribution in [3.8, 4) is 5.69 Å². The number of aliphatic hydroxyl groups excluding tert-OH is 1. The summed E-state index contributed by atoms with van der Waals surface area (Å²) in [5, 5.41) is 17.2. The summed E-state index contributed by atoms with van der Waals surface area (Å²) in [6, 6.07) is 5.42. The Morgan fingerprint density at radius 3 is 2.83 bits per heavy atom. The van der Waals surface area contributed by atoms with Crippen LogP contribution in [0.4, 0.5) is 4.39 Å². The third-order valence-electron chi connectivity index (χ3n) is 3.98. The summed E-state index contributed by atoms with van der Waals surface area (Å²) in [5.74, 6) is -0.657. The number of ether oxygens (including phenoxy) is 1. The molecule has 122 valence electrons. The first-order valence-corrected chi connectivity index (χ1v) is 7.25. The lowest BCUT2D eigenvalue weighted by molar-refractivity contribution is 0.0642. The number of amides is 1. The molecule has 0 unspecified atom stereocenters. The summed E-state index contributed by atoms with van der Waals surface area (Å²) in [7, 11) is 1.58. The number of benzene rings is 1. The smallest absolute Gasteiger partial charge is 0.276 e. The molecule has 0 aliphatic carbocycles. The lowest BCUT2D eigenvalue weighted by Crippen LogP contribution is -2.38. The van der Waals surface area contributed by atoms with E-state index in [0.717, 1.165) is 0 Å². The van der Waals surface area contributed by atoms with Crippen molar-refractivity contribution in [3.63, 3.8) is 0 Å². The number of carbonyl (C=O) groups excluding carboxylic acids is 1. The SMILES string of the molecule is CO[C@@H]1C[C@@H](CO)N(C(=O)c2cn(-c3ccc(F)cc3)nn2)C1. The molecule has 1 aliphatic rings. The van der Waals surface area contributed by atoms with Crippen LogP contribution in [0.2, 0.25) is 0 Å². The maximum absolute atomic E-state index is 13.0. The molecule has 1 aliphatic heterocycles. The highest BCUT2D eigenvalue weighted by molar-refractivity contribution is 5.92. The third-order valence-corrected chi connectivity index (χ3v) is 3.98. The molecule has 23 heavy (non-hydrogen) atoms. The molecule has 1 fully saturated rings. The molecule has 1 saturated heterocycles. The Labute approximate surface area is 132 Å². The summed E-state index contributed by atoms with van der Waals surface area (Å²) in [6.07, 6.45) is 1.98. The monoisotopic (exact) mass is 320 g/mol. The second-order valence-electron chi connectivity index (χ2n) is 5.41. The number of halogens is 1. The summed E-state index contributed by atoms with van der Waals surface area (Å²) in [5.41, 5.74) is 0.775. The van der Waals surface area contributed by atoms with E-state index < -0.39 is 0 Å². The van der Waals surface area contributed by atoms with E-state index in [2.05, 4.69) is 10.3 Å². The van der Waals surface area contributed by atoms with Gasteiger partial charge in [-0.1, -0.05) is 5.21 Å². The van der Waals surface area contributed by atoms with E-state index in [1.165, 1.54) is 23.0 Å². The summed E-state index contributed by atoms with van der Waals surface area (Å²) in [6.45, 7) is 0.279. The number of carbonyl (C=O) groups is 1. The first-order chi connectivity index (χ1) is 11.1. The molecule has 0 radical (unpaired) electrons. The topological polar surface area (TPSA) is 80.5 Å². The van der Waals surface area contributed by atoms with E-state index in [9.17, 15) is 14.3 Å². The lowest BCUT2D eigenvalue weighted by Gasteiger charge is -2.21. The molecule has 0 saturated carbocycles. The van der Waals surface area contributed by atoms with Gasteiger partial charge in [-0.25, -0.2) is 9.07 Å². The second kappa shape index (κ2) is 6.43. The van der Waals surface area contributed by atoms with E-state index in [1.807, 2.05) is 0 Å². The Balaban J connectivity index is 1.79. The number of hydrogen-bond donors (Lipinski definition) is 1. The van der Waals surface area contributed by atoms with Gasteiger partial charge in [-0.3, -0.25) is 4.79 Å². The standard InChI is InChI=1S/C15H17FN4O3/c1-23-13-6-12(9-21)19(7-13)15(22)14-8-20(18-17-14)11-4-2-10(16)3-5-11/h2-5,8,12-13,21H,6-7,9H2,1H3/t12-,13+/m0/s1. The van der Waals surface area contributed by atoms with Gasteiger partial charge in [0.2, 0.25) is 0 Å². The van der Waals surface area contributed by atoms with Crippen LogP contribution in [-0.2, 0) is 4.74 Å². The zero-order valence-corrected chi connectivity index (χ0v) is 12.6. The van der Waals surface area contributed by atoms with Gasteiger partial charge < -0.3 is 14.7 Å². The number of aromatic nitrogens is 3. The van der Waals surface area contributed by atoms with E-state index in [1.54, 1.807) is 24.1 Å². The molecule has 7 nitrogen and oxygen atoms in total. The van der Waals surface area contributed by atoms with Gasteiger partial charge in [-0.15, -0.1) is 5.10 Å². The van der Waals surface area contributed by atoms with Crippen molar-refractivity contribution >= 4 is 5.91 Å². The van der Waals surface area contributed by atoms with Gasteiger partial charge in [0.15, 0.2) is 5.69 Å². The zero-order valence-electron chi connectivity index (χ0n) is 12.6. The predicted octanol–water partition coefficient (Wildman–Crippen LogP) is 0.628. The number of aliphatic hydroxyl groups is 1. The average molecular weight is 320 g/mol. The summed E-state index contributed by atoms with van der Waals surface area (Å²) in [4.78, 5) is 14.1. The largest absolute Gasteiger partial charge is 0.394 e. The molecule has 8 heteroatoms. The molecular formula is C15H17FN4O3. The van der Waals surface area contributed by atoms with E-state index >= 15 is 0 Å². The lowest BCUT2D eigenvalue weighted by atomic mass is 10.2. The van der Waals surface area contributed by atoms with Crippen LogP contribution >= 0.6 is 0 Å². The van der Waals surface area contributed by atoms with Crippen molar-refractivity contribution in [3.05, 3.63) is 42.0 Å². The highest BCUT2D eigenvalue weighted by Gasteiger charge is 2.36. The van der Waals surface area contributed by atoms with Crippen molar-refractivity contribution in [2.75, 3.05) is 20.3 Å². The Morgan fingerprint density at radius 1 is 1.43 bits per heavy atom. The number of likely N-dealkylation sites (tertiary alicyclic amines) is 1. The normalized spacial score (nSPS) is 20.9. The van der Waals surface area contributed by atoms with Gasteiger partial charge in [0.25, 0.3) is 5.91 Å². The van der Waals surface area contributed by atoms with Gasteiger partial charge in [0.1, 0.15) is 5.82 Å². The fraction of sp³-hybridized carbons (Fsp3) is 0.400. The van der Waals surface area contributed by atoms with Crippen LogP contribution in [0.15, 0.2) is 30.5 Å². The van der Waals surface area contributed by atoms with Crippen LogP contribution in [0, 0.1) is 5.82 Å². The highest BCUT2D eigenvalue weighted by Crippen LogP contribution is 2.21. The minimum Gasteiger partial charge on any atom is -0.394 e. The predicted molar refractivity (Wildman–Crippen MR) is 78.6 cm³/mol. The highest BCUT2D eigenvalue weighted by atomic mass is 19.1. The molecular weight excluding hydrogens is 303 g/mol. The van der Waals surface area contributed by atoms with Crippen LogP contribution in [0.3, 0.4) is 0 Å². The van der Waals surface area contributed by atoms with Gasteiger partial charge in [0.05, 0.1) is 30.6 Å². The average Bonchev–Trinajstić information content (AvgIpc) is 3.21. The summed E-state index contributed by atoms with van der Waals surface area (Å²) < 4.78 is 19.6. The molecule has 0 spiro atoms. The molecule has 1 amide bonds. The molecule has 2 heterocycles. The van der Waals surface area contributed by atoms with Crippen molar-refractivity contribution in [2.24, 2.45) is 0 Å². The fourth-order valence-corrected chi connectivity index (χ4v) is 2.70. The maximum atomic E-state index is 13.0. The van der Waals surface area contributed by atoms with Gasteiger partial charge in [0, 0.05) is 13.7 Å². The molecule has 1 aromatic heterocycles.